The highest BCUT2D eigenvalue weighted by Gasteiger charge is 2.33. The largest absolute Gasteiger partial charge is 0.494 e. The Morgan fingerprint density at radius 3 is 2.42 bits per heavy atom. The molecule has 2 aliphatic heterocycles. The van der Waals surface area contributed by atoms with Crippen LogP contribution in [0.5, 0.6) is 5.75 Å². The zero-order valence-electron chi connectivity index (χ0n) is 14.2. The number of carbonyl (C=O) groups excluding carboxylic acids is 2. The summed E-state index contributed by atoms with van der Waals surface area (Å²) in [6.45, 7) is 2.53. The van der Waals surface area contributed by atoms with Crippen LogP contribution in [-0.4, -0.2) is 36.4 Å². The Labute approximate surface area is 143 Å². The highest BCUT2D eigenvalue weighted by Crippen LogP contribution is 2.26. The SMILES string of the molecule is CCOc1ccc(C(=O)CCC(=O)NC2CC3CCC(C2)N3)cc1. The standard InChI is InChI=1S/C19H26N2O3/c1-2-24-17-7-3-13(4-8-17)18(22)9-10-19(23)21-16-11-14-5-6-15(12-16)20-14/h3-4,7-8,14-16,20H,2,5-6,9-12H2,1H3,(H,21,23). The lowest BCUT2D eigenvalue weighted by atomic mass is 9.99. The molecule has 2 bridgehead atoms. The number of fused-ring (bicyclic) bond motifs is 2. The van der Waals surface area contributed by atoms with Crippen LogP contribution in [0.4, 0.5) is 0 Å². The number of hydrogen-bond acceptors (Lipinski definition) is 4. The summed E-state index contributed by atoms with van der Waals surface area (Å²) >= 11 is 0. The Morgan fingerprint density at radius 2 is 1.79 bits per heavy atom. The summed E-state index contributed by atoms with van der Waals surface area (Å²) in [6, 6.07) is 8.48. The molecule has 2 fully saturated rings. The summed E-state index contributed by atoms with van der Waals surface area (Å²) < 4.78 is 5.37. The normalized spacial score (nSPS) is 25.3. The molecule has 3 rings (SSSR count). The van der Waals surface area contributed by atoms with Gasteiger partial charge >= 0.3 is 0 Å². The van der Waals surface area contributed by atoms with Gasteiger partial charge < -0.3 is 15.4 Å². The number of ether oxygens (including phenoxy) is 1. The molecule has 1 aromatic rings. The van der Waals surface area contributed by atoms with E-state index < -0.39 is 0 Å². The van der Waals surface area contributed by atoms with Gasteiger partial charge in [0.25, 0.3) is 0 Å². The molecule has 5 heteroatoms. The molecular formula is C19H26N2O3. The zero-order chi connectivity index (χ0) is 16.9. The molecule has 0 saturated carbocycles. The number of carbonyl (C=O) groups is 2. The maximum Gasteiger partial charge on any atom is 0.220 e. The van der Waals surface area contributed by atoms with Gasteiger partial charge in [-0.25, -0.2) is 0 Å². The van der Waals surface area contributed by atoms with Gasteiger partial charge in [0.2, 0.25) is 5.91 Å². The minimum atomic E-state index is -0.0133. The molecule has 1 aromatic carbocycles. The van der Waals surface area contributed by atoms with Gasteiger partial charge in [0.1, 0.15) is 5.75 Å². The molecule has 0 aromatic heterocycles. The quantitative estimate of drug-likeness (QED) is 0.754. The maximum absolute atomic E-state index is 12.2. The van der Waals surface area contributed by atoms with E-state index in [0.717, 1.165) is 18.6 Å². The minimum absolute atomic E-state index is 0.00132. The molecule has 0 aliphatic carbocycles. The molecule has 5 nitrogen and oxygen atoms in total. The van der Waals surface area contributed by atoms with Crippen LogP contribution in [0.25, 0.3) is 0 Å². The van der Waals surface area contributed by atoms with E-state index in [1.165, 1.54) is 12.8 Å². The summed E-state index contributed by atoms with van der Waals surface area (Å²) in [7, 11) is 0. The molecule has 24 heavy (non-hydrogen) atoms. The second kappa shape index (κ2) is 7.79. The smallest absolute Gasteiger partial charge is 0.220 e. The van der Waals surface area contributed by atoms with E-state index in [0.29, 0.717) is 24.3 Å². The third-order valence-corrected chi connectivity index (χ3v) is 4.90. The molecule has 2 unspecified atom stereocenters. The van der Waals surface area contributed by atoms with E-state index in [1.807, 2.05) is 6.92 Å². The fraction of sp³-hybridized carbons (Fsp3) is 0.579. The van der Waals surface area contributed by atoms with E-state index >= 15 is 0 Å². The molecule has 0 spiro atoms. The van der Waals surface area contributed by atoms with Crippen LogP contribution >= 0.6 is 0 Å². The van der Waals surface area contributed by atoms with Gasteiger partial charge in [0, 0.05) is 36.5 Å². The molecule has 0 radical (unpaired) electrons. The van der Waals surface area contributed by atoms with Gasteiger partial charge in [-0.2, -0.15) is 0 Å². The molecule has 2 N–H and O–H groups in total. The van der Waals surface area contributed by atoms with Crippen molar-refractivity contribution in [2.75, 3.05) is 6.61 Å². The first kappa shape index (κ1) is 17.0. The summed E-state index contributed by atoms with van der Waals surface area (Å²) in [5.41, 5.74) is 0.631. The van der Waals surface area contributed by atoms with Crippen LogP contribution < -0.4 is 15.4 Å². The maximum atomic E-state index is 12.2. The molecule has 130 valence electrons. The van der Waals surface area contributed by atoms with Gasteiger partial charge in [-0.15, -0.1) is 0 Å². The average Bonchev–Trinajstić information content (AvgIpc) is 2.92. The van der Waals surface area contributed by atoms with Gasteiger partial charge in [0.15, 0.2) is 5.78 Å². The molecule has 2 aliphatic rings. The Kier molecular flexibility index (Phi) is 5.51. The molecule has 2 atom stereocenters. The van der Waals surface area contributed by atoms with Crippen LogP contribution in [0.3, 0.4) is 0 Å². The fourth-order valence-corrected chi connectivity index (χ4v) is 3.75. The first-order chi connectivity index (χ1) is 11.6. The van der Waals surface area contributed by atoms with E-state index in [4.69, 9.17) is 4.74 Å². The third-order valence-electron chi connectivity index (χ3n) is 4.90. The average molecular weight is 330 g/mol. The number of Topliss-reactive ketones (excluding diaryl/α,β-unsaturated/α-hetero) is 1. The Bertz CT molecular complexity index is 573. The number of hydrogen-bond donors (Lipinski definition) is 2. The van der Waals surface area contributed by atoms with Crippen molar-refractivity contribution in [2.24, 2.45) is 0 Å². The third kappa shape index (κ3) is 4.35. The summed E-state index contributed by atoms with van der Waals surface area (Å²) in [6.07, 6.45) is 4.95. The second-order valence-corrected chi connectivity index (χ2v) is 6.75. The highest BCUT2D eigenvalue weighted by molar-refractivity contribution is 5.98. The number of piperidine rings is 1. The fourth-order valence-electron chi connectivity index (χ4n) is 3.75. The topological polar surface area (TPSA) is 67.4 Å². The lowest BCUT2D eigenvalue weighted by molar-refractivity contribution is -0.122. The van der Waals surface area contributed by atoms with Crippen LogP contribution in [0.2, 0.25) is 0 Å². The molecule has 1 amide bonds. The number of amides is 1. The first-order valence-electron chi connectivity index (χ1n) is 8.95. The van der Waals surface area contributed by atoms with Crippen molar-refractivity contribution < 1.29 is 14.3 Å². The summed E-state index contributed by atoms with van der Waals surface area (Å²) in [5, 5.41) is 6.66. The Hall–Kier alpha value is -1.88. The van der Waals surface area contributed by atoms with Crippen molar-refractivity contribution in [3.63, 3.8) is 0 Å². The van der Waals surface area contributed by atoms with Crippen LogP contribution in [-0.2, 0) is 4.79 Å². The Balaban J connectivity index is 1.43. The zero-order valence-corrected chi connectivity index (χ0v) is 14.2. The van der Waals surface area contributed by atoms with Gasteiger partial charge in [0.05, 0.1) is 6.61 Å². The van der Waals surface area contributed by atoms with E-state index in [2.05, 4.69) is 10.6 Å². The number of benzene rings is 1. The van der Waals surface area contributed by atoms with Crippen molar-refractivity contribution in [3.8, 4) is 5.75 Å². The van der Waals surface area contributed by atoms with Crippen molar-refractivity contribution in [1.29, 1.82) is 0 Å². The Morgan fingerprint density at radius 1 is 1.12 bits per heavy atom. The second-order valence-electron chi connectivity index (χ2n) is 6.75. The molecular weight excluding hydrogens is 304 g/mol. The lowest BCUT2D eigenvalue weighted by Gasteiger charge is -2.29. The summed E-state index contributed by atoms with van der Waals surface area (Å²) in [4.78, 5) is 24.3. The van der Waals surface area contributed by atoms with Crippen LogP contribution in [0.15, 0.2) is 24.3 Å². The van der Waals surface area contributed by atoms with Crippen LogP contribution in [0, 0.1) is 0 Å². The lowest BCUT2D eigenvalue weighted by Crippen LogP contribution is -2.48. The molecule has 2 saturated heterocycles. The van der Waals surface area contributed by atoms with Crippen molar-refractivity contribution >= 4 is 11.7 Å². The number of ketones is 1. The predicted molar refractivity (Wildman–Crippen MR) is 92.3 cm³/mol. The first-order valence-corrected chi connectivity index (χ1v) is 8.95. The van der Waals surface area contributed by atoms with Gasteiger partial charge in [-0.1, -0.05) is 0 Å². The summed E-state index contributed by atoms with van der Waals surface area (Å²) in [5.74, 6) is 0.742. The van der Waals surface area contributed by atoms with E-state index in [9.17, 15) is 9.59 Å². The van der Waals surface area contributed by atoms with Gasteiger partial charge in [-0.05, 0) is 56.9 Å². The monoisotopic (exact) mass is 330 g/mol. The number of nitrogens with one attached hydrogen (secondary N) is 2. The van der Waals surface area contributed by atoms with E-state index in [-0.39, 0.29) is 30.6 Å². The highest BCUT2D eigenvalue weighted by atomic mass is 16.5. The van der Waals surface area contributed by atoms with Crippen molar-refractivity contribution in [1.82, 2.24) is 10.6 Å². The van der Waals surface area contributed by atoms with Crippen molar-refractivity contribution in [3.05, 3.63) is 29.8 Å². The number of rotatable bonds is 7. The minimum Gasteiger partial charge on any atom is -0.494 e. The van der Waals surface area contributed by atoms with Gasteiger partial charge in [-0.3, -0.25) is 9.59 Å². The molecule has 2 heterocycles. The van der Waals surface area contributed by atoms with Crippen molar-refractivity contribution in [2.45, 2.75) is 63.6 Å². The van der Waals surface area contributed by atoms with Crippen LogP contribution in [0.1, 0.15) is 55.8 Å². The predicted octanol–water partition coefficient (Wildman–Crippen LogP) is 2.45. The van der Waals surface area contributed by atoms with E-state index in [1.54, 1.807) is 24.3 Å².